The van der Waals surface area contributed by atoms with Crippen molar-refractivity contribution in [2.45, 2.75) is 42.5 Å². The fourth-order valence-electron chi connectivity index (χ4n) is 3.17. The number of fused-ring (bicyclic) bond motifs is 1. The Bertz CT molecular complexity index is 1180. The lowest BCUT2D eigenvalue weighted by Crippen LogP contribution is -2.58. The number of alkyl halides is 3. The minimum atomic E-state index is -10.6. The highest BCUT2D eigenvalue weighted by atomic mass is 32.5. The highest BCUT2D eigenvalue weighted by molar-refractivity contribution is 8.45. The van der Waals surface area contributed by atoms with E-state index >= 15 is 0 Å². The summed E-state index contributed by atoms with van der Waals surface area (Å²) in [4.78, 5) is 25.8. The molecule has 2 atom stereocenters. The summed E-state index contributed by atoms with van der Waals surface area (Å²) in [5.74, 6) is -7.84. The predicted molar refractivity (Wildman–Crippen MR) is 106 cm³/mol. The first-order valence-electron chi connectivity index (χ1n) is 9.94. The van der Waals surface area contributed by atoms with E-state index in [0.717, 1.165) is 11.9 Å². The van der Waals surface area contributed by atoms with E-state index in [1.807, 2.05) is 0 Å². The molecule has 0 aromatic heterocycles. The average Bonchev–Trinajstić information content (AvgIpc) is 2.70. The van der Waals surface area contributed by atoms with Crippen LogP contribution in [0.4, 0.5) is 32.6 Å². The molecular weight excluding hydrogens is 574 g/mol. The fraction of sp³-hybridized carbons (Fsp3) is 0.471. The SMILES string of the molecule is CC(ON[N+](=O)N1CC(O)C1)OC(=O)C1=Cc2cc(S(F)(F)(F)(F)F)cc(C(O)(O)O)c2OC1C(F)(F)F. The van der Waals surface area contributed by atoms with Gasteiger partial charge in [-0.05, 0) is 18.2 Å². The Morgan fingerprint density at radius 3 is 2.24 bits per heavy atom. The van der Waals surface area contributed by atoms with Gasteiger partial charge in [-0.3, -0.25) is 0 Å². The standard InChI is InChI=1S/C17H18F8N3O9S/c1-7(37-26-28(34)27-5-9(29)6-27)35-15(30)11-3-8-2-10(38(21,22,23,24)25)4-12(17(31,32)33)13(8)36-14(11)16(18,19)20/h2-4,7,9,14,29,31-33H,5-6H2,1H3,(H,26,34)/q+1. The van der Waals surface area contributed by atoms with Gasteiger partial charge in [0.1, 0.15) is 29.8 Å². The summed E-state index contributed by atoms with van der Waals surface area (Å²) in [6.45, 7) is 0.682. The lowest BCUT2D eigenvalue weighted by atomic mass is 9.98. The van der Waals surface area contributed by atoms with Crippen LogP contribution in [-0.4, -0.2) is 74.1 Å². The van der Waals surface area contributed by atoms with E-state index in [-0.39, 0.29) is 24.1 Å². The van der Waals surface area contributed by atoms with Crippen LogP contribution in [0, 0.1) is 4.91 Å². The molecule has 0 bridgehead atoms. The third kappa shape index (κ3) is 6.53. The molecule has 0 aliphatic carbocycles. The van der Waals surface area contributed by atoms with E-state index in [4.69, 9.17) is 5.11 Å². The molecule has 1 saturated heterocycles. The number of aliphatic hydroxyl groups is 4. The smallest absolute Gasteiger partial charge is 0.430 e. The maximum atomic E-state index is 13.6. The average molecular weight is 592 g/mol. The third-order valence-electron chi connectivity index (χ3n) is 4.93. The van der Waals surface area contributed by atoms with Gasteiger partial charge in [0.05, 0.1) is 16.0 Å². The molecule has 2 aliphatic heterocycles. The van der Waals surface area contributed by atoms with Crippen molar-refractivity contribution in [3.05, 3.63) is 33.7 Å². The molecule has 5 N–H and O–H groups in total. The van der Waals surface area contributed by atoms with Crippen LogP contribution in [0.15, 0.2) is 22.6 Å². The molecule has 1 aromatic rings. The highest BCUT2D eigenvalue weighted by Crippen LogP contribution is 3.02. The van der Waals surface area contributed by atoms with Crippen molar-refractivity contribution in [3.8, 4) is 5.75 Å². The molecule has 2 heterocycles. The number of nitrogens with one attached hydrogen (secondary N) is 1. The van der Waals surface area contributed by atoms with Gasteiger partial charge in [-0.1, -0.05) is 19.4 Å². The second-order valence-electron chi connectivity index (χ2n) is 8.11. The number of hydrazine groups is 2. The van der Waals surface area contributed by atoms with Gasteiger partial charge in [-0.2, -0.15) is 18.0 Å². The maximum absolute atomic E-state index is 13.6. The van der Waals surface area contributed by atoms with Crippen LogP contribution < -0.4 is 10.3 Å². The number of hydrogen-bond acceptors (Lipinski definition) is 9. The summed E-state index contributed by atoms with van der Waals surface area (Å²) < 4.78 is 117. The largest absolute Gasteiger partial charge is 0.475 e. The Morgan fingerprint density at radius 1 is 1.18 bits per heavy atom. The Hall–Kier alpha value is -2.98. The minimum Gasteiger partial charge on any atom is -0.475 e. The summed E-state index contributed by atoms with van der Waals surface area (Å²) in [5, 5.41) is 38.1. The first-order chi connectivity index (χ1) is 16.9. The van der Waals surface area contributed by atoms with Gasteiger partial charge < -0.3 is 29.9 Å². The van der Waals surface area contributed by atoms with Crippen molar-refractivity contribution < 1.29 is 77.1 Å². The van der Waals surface area contributed by atoms with Crippen LogP contribution in [0.5, 0.6) is 5.75 Å². The van der Waals surface area contributed by atoms with Gasteiger partial charge in [0.25, 0.3) is 4.98 Å². The molecule has 21 heteroatoms. The van der Waals surface area contributed by atoms with Crippen molar-refractivity contribution in [1.82, 2.24) is 10.6 Å². The number of esters is 1. The first kappa shape index (κ1) is 29.6. The van der Waals surface area contributed by atoms with Gasteiger partial charge in [0.2, 0.25) is 12.4 Å². The zero-order valence-corrected chi connectivity index (χ0v) is 19.4. The van der Waals surface area contributed by atoms with E-state index in [2.05, 4.69) is 14.3 Å². The maximum Gasteiger partial charge on any atom is 0.430 e. The quantitative estimate of drug-likeness (QED) is 0.0985. The van der Waals surface area contributed by atoms with Gasteiger partial charge in [-0.25, -0.2) is 4.79 Å². The number of carbonyl (C=O) groups excluding carboxylic acids is 1. The molecule has 216 valence electrons. The first-order valence-corrected chi connectivity index (χ1v) is 11.9. The van der Waals surface area contributed by atoms with Crippen molar-refractivity contribution >= 4 is 22.3 Å². The van der Waals surface area contributed by atoms with Crippen LogP contribution in [-0.2, 0) is 20.3 Å². The van der Waals surface area contributed by atoms with Crippen LogP contribution in [0.1, 0.15) is 18.1 Å². The molecule has 1 aromatic carbocycles. The summed E-state index contributed by atoms with van der Waals surface area (Å²) in [7, 11) is -10.6. The van der Waals surface area contributed by atoms with E-state index < -0.39 is 86.3 Å². The second-order valence-corrected chi connectivity index (χ2v) is 10.5. The summed E-state index contributed by atoms with van der Waals surface area (Å²) in [6, 6.07) is -1.14. The Labute approximate surface area is 205 Å². The lowest BCUT2D eigenvalue weighted by molar-refractivity contribution is -0.804. The van der Waals surface area contributed by atoms with Crippen molar-refractivity contribution in [3.63, 3.8) is 0 Å². The summed E-state index contributed by atoms with van der Waals surface area (Å²) >= 11 is 0. The predicted octanol–water partition coefficient (Wildman–Crippen LogP) is 1.83. The van der Waals surface area contributed by atoms with E-state index in [1.165, 1.54) is 0 Å². The molecule has 0 saturated carbocycles. The number of rotatable bonds is 8. The van der Waals surface area contributed by atoms with Crippen LogP contribution in [0.3, 0.4) is 0 Å². The van der Waals surface area contributed by atoms with E-state index in [1.54, 1.807) is 5.59 Å². The van der Waals surface area contributed by atoms with Gasteiger partial charge in [-0.15, -0.1) is 5.01 Å². The van der Waals surface area contributed by atoms with E-state index in [0.29, 0.717) is 0 Å². The molecule has 38 heavy (non-hydrogen) atoms. The molecule has 1 fully saturated rings. The Balaban J connectivity index is 1.97. The summed E-state index contributed by atoms with van der Waals surface area (Å²) in [6.07, 6.45) is -11.5. The molecule has 0 spiro atoms. The molecule has 12 nitrogen and oxygen atoms in total. The molecule has 0 radical (unpaired) electrons. The number of nitrogens with zero attached hydrogens (tertiary/aromatic N) is 2. The normalized spacial score (nSPS) is 21.1. The number of benzene rings is 1. The van der Waals surface area contributed by atoms with Crippen LogP contribution >= 0.6 is 10.2 Å². The molecule has 2 aliphatic rings. The number of nitroso groups, excluding NO2 is 1. The zero-order chi connectivity index (χ0) is 29.1. The molecule has 0 amide bonds. The molecule has 2 unspecified atom stereocenters. The topological polar surface area (TPSA) is 161 Å². The second kappa shape index (κ2) is 8.51. The molecular formula is C17H18F8N3O9S+. The van der Waals surface area contributed by atoms with Gasteiger partial charge in [0.15, 0.2) is 0 Å². The summed E-state index contributed by atoms with van der Waals surface area (Å²) in [5.41, 5.74) is -3.16. The van der Waals surface area contributed by atoms with Crippen LogP contribution in [0.2, 0.25) is 0 Å². The van der Waals surface area contributed by atoms with Gasteiger partial charge in [0, 0.05) is 18.1 Å². The van der Waals surface area contributed by atoms with Crippen molar-refractivity contribution in [1.29, 1.82) is 0 Å². The van der Waals surface area contributed by atoms with Gasteiger partial charge >= 0.3 is 28.3 Å². The minimum absolute atomic E-state index is 0.00304. The number of halogens is 8. The number of ether oxygens (including phenoxy) is 2. The molecule has 3 rings (SSSR count). The number of aliphatic hydroxyl groups excluding tert-OH is 1. The Morgan fingerprint density at radius 2 is 1.76 bits per heavy atom. The number of β-amino-alcohol motifs (C(OH)–C–C–N with tert-alkyl or cyclic N) is 1. The van der Waals surface area contributed by atoms with Crippen molar-refractivity contribution in [2.75, 3.05) is 13.1 Å². The number of hydrogen-bond donors (Lipinski definition) is 5. The monoisotopic (exact) mass is 592 g/mol. The van der Waals surface area contributed by atoms with Crippen LogP contribution in [0.25, 0.3) is 6.08 Å². The third-order valence-corrected chi connectivity index (χ3v) is 6.06. The Kier molecular flexibility index (Phi) is 6.62. The van der Waals surface area contributed by atoms with Crippen molar-refractivity contribution in [2.24, 2.45) is 0 Å². The highest BCUT2D eigenvalue weighted by Gasteiger charge is 2.66. The van der Waals surface area contributed by atoms with E-state index in [9.17, 15) is 57.6 Å². The zero-order valence-electron chi connectivity index (χ0n) is 18.5. The number of carbonyl (C=O) groups is 1. The lowest BCUT2D eigenvalue weighted by Gasteiger charge is -2.41. The fourth-order valence-corrected chi connectivity index (χ4v) is 3.86.